The van der Waals surface area contributed by atoms with Crippen LogP contribution in [-0.2, 0) is 11.2 Å². The van der Waals surface area contributed by atoms with Crippen molar-refractivity contribution in [1.82, 2.24) is 19.9 Å². The molecule has 5 nitrogen and oxygen atoms in total. The number of benzene rings is 1. The average molecular weight is 398 g/mol. The van der Waals surface area contributed by atoms with Crippen LogP contribution in [0.3, 0.4) is 0 Å². The Kier molecular flexibility index (Phi) is 5.08. The summed E-state index contributed by atoms with van der Waals surface area (Å²) >= 11 is 3.05. The van der Waals surface area contributed by atoms with Gasteiger partial charge in [0.1, 0.15) is 5.82 Å². The topological polar surface area (TPSA) is 59.3 Å². The molecule has 0 saturated carbocycles. The third kappa shape index (κ3) is 4.12. The monoisotopic (exact) mass is 398 g/mol. The molecular weight excluding hydrogens is 383 g/mol. The number of thiazole rings is 1. The fourth-order valence-corrected chi connectivity index (χ4v) is 4.04. The zero-order valence-electron chi connectivity index (χ0n) is 14.1. The number of hydrogen-bond donors (Lipinski definition) is 1. The van der Waals surface area contributed by atoms with Gasteiger partial charge < -0.3 is 5.32 Å². The smallest absolute Gasteiger partial charge is 0.244 e. The molecule has 27 heavy (non-hydrogen) atoms. The Morgan fingerprint density at radius 3 is 3.00 bits per heavy atom. The lowest BCUT2D eigenvalue weighted by Crippen LogP contribution is -2.23. The molecule has 0 fully saturated rings. The zero-order valence-corrected chi connectivity index (χ0v) is 15.8. The second-order valence-electron chi connectivity index (χ2n) is 5.76. The first kappa shape index (κ1) is 17.6. The highest BCUT2D eigenvalue weighted by atomic mass is 32.1. The molecule has 0 atom stereocenters. The summed E-state index contributed by atoms with van der Waals surface area (Å²) in [5.74, 6) is 0.0450. The van der Waals surface area contributed by atoms with Gasteiger partial charge in [-0.2, -0.15) is 4.98 Å². The molecule has 3 heterocycles. The van der Waals surface area contributed by atoms with Gasteiger partial charge in [-0.05, 0) is 29.7 Å². The number of carbonyl (C=O) groups excluding carboxylic acids is 1. The van der Waals surface area contributed by atoms with Crippen LogP contribution in [0.15, 0.2) is 53.2 Å². The summed E-state index contributed by atoms with van der Waals surface area (Å²) in [5.41, 5.74) is 1.59. The maximum atomic E-state index is 13.4. The average Bonchev–Trinajstić information content (AvgIpc) is 3.38. The molecule has 1 N–H and O–H groups in total. The number of thiophene rings is 1. The van der Waals surface area contributed by atoms with E-state index in [2.05, 4.69) is 15.4 Å². The maximum absolute atomic E-state index is 13.4. The lowest BCUT2D eigenvalue weighted by Gasteiger charge is -2.01. The van der Waals surface area contributed by atoms with E-state index >= 15 is 0 Å². The van der Waals surface area contributed by atoms with Crippen molar-refractivity contribution in [3.05, 3.63) is 69.6 Å². The Bertz CT molecular complexity index is 1100. The third-order valence-corrected chi connectivity index (χ3v) is 5.56. The molecule has 0 saturated heterocycles. The van der Waals surface area contributed by atoms with Crippen molar-refractivity contribution in [3.8, 4) is 11.4 Å². The molecule has 1 amide bonds. The lowest BCUT2D eigenvalue weighted by atomic mass is 10.2. The van der Waals surface area contributed by atoms with E-state index in [1.165, 1.54) is 29.5 Å². The SMILES string of the molecule is O=C(C=Cc1cccs1)NCCc1csc2nc(-c3cccc(F)c3)nn12. The van der Waals surface area contributed by atoms with Crippen molar-refractivity contribution in [2.24, 2.45) is 0 Å². The minimum Gasteiger partial charge on any atom is -0.352 e. The fourth-order valence-electron chi connectivity index (χ4n) is 2.56. The van der Waals surface area contributed by atoms with Crippen LogP contribution in [0.2, 0.25) is 0 Å². The predicted molar refractivity (Wildman–Crippen MR) is 106 cm³/mol. The summed E-state index contributed by atoms with van der Waals surface area (Å²) in [6, 6.07) is 10.1. The van der Waals surface area contributed by atoms with E-state index in [4.69, 9.17) is 0 Å². The van der Waals surface area contributed by atoms with E-state index in [-0.39, 0.29) is 11.7 Å². The van der Waals surface area contributed by atoms with Crippen molar-refractivity contribution in [1.29, 1.82) is 0 Å². The molecule has 0 aliphatic carbocycles. The lowest BCUT2D eigenvalue weighted by molar-refractivity contribution is -0.116. The highest BCUT2D eigenvalue weighted by Crippen LogP contribution is 2.21. The van der Waals surface area contributed by atoms with Gasteiger partial charge in [0.25, 0.3) is 0 Å². The van der Waals surface area contributed by atoms with Gasteiger partial charge in [-0.25, -0.2) is 8.91 Å². The number of fused-ring (bicyclic) bond motifs is 1. The van der Waals surface area contributed by atoms with Crippen LogP contribution < -0.4 is 5.32 Å². The highest BCUT2D eigenvalue weighted by Gasteiger charge is 2.12. The molecule has 4 aromatic rings. The molecule has 0 aliphatic rings. The largest absolute Gasteiger partial charge is 0.352 e. The van der Waals surface area contributed by atoms with Gasteiger partial charge in [-0.1, -0.05) is 18.2 Å². The first-order chi connectivity index (χ1) is 13.2. The van der Waals surface area contributed by atoms with Crippen molar-refractivity contribution in [2.45, 2.75) is 6.42 Å². The number of carbonyl (C=O) groups is 1. The van der Waals surface area contributed by atoms with Gasteiger partial charge >= 0.3 is 0 Å². The minimum absolute atomic E-state index is 0.131. The normalized spacial score (nSPS) is 11.4. The Labute approximate surface area is 162 Å². The molecule has 0 aliphatic heterocycles. The van der Waals surface area contributed by atoms with E-state index in [1.807, 2.05) is 22.9 Å². The van der Waals surface area contributed by atoms with E-state index in [0.717, 1.165) is 15.5 Å². The standard InChI is InChI=1S/C19H15FN4OS2/c20-14-4-1-3-13(11-14)18-22-19-24(23-18)15(12-27-19)8-9-21-17(25)7-6-16-5-2-10-26-16/h1-7,10-12H,8-9H2,(H,21,25). The first-order valence-corrected chi connectivity index (χ1v) is 10.0. The van der Waals surface area contributed by atoms with Crippen LogP contribution in [0.1, 0.15) is 10.6 Å². The van der Waals surface area contributed by atoms with Crippen molar-refractivity contribution >= 4 is 39.6 Å². The Morgan fingerprint density at radius 1 is 1.26 bits per heavy atom. The summed E-state index contributed by atoms with van der Waals surface area (Å²) in [5, 5.41) is 11.3. The summed E-state index contributed by atoms with van der Waals surface area (Å²) < 4.78 is 15.2. The number of rotatable bonds is 6. The highest BCUT2D eigenvalue weighted by molar-refractivity contribution is 7.15. The van der Waals surface area contributed by atoms with E-state index in [9.17, 15) is 9.18 Å². The van der Waals surface area contributed by atoms with Gasteiger partial charge in [-0.15, -0.1) is 27.8 Å². The van der Waals surface area contributed by atoms with Crippen LogP contribution in [-0.4, -0.2) is 27.0 Å². The molecule has 3 aromatic heterocycles. The number of halogens is 1. The van der Waals surface area contributed by atoms with Crippen LogP contribution in [0.25, 0.3) is 22.4 Å². The molecule has 4 rings (SSSR count). The molecule has 0 radical (unpaired) electrons. The predicted octanol–water partition coefficient (Wildman–Crippen LogP) is 4.03. The molecule has 8 heteroatoms. The summed E-state index contributed by atoms with van der Waals surface area (Å²) in [7, 11) is 0. The first-order valence-electron chi connectivity index (χ1n) is 8.27. The maximum Gasteiger partial charge on any atom is 0.244 e. The van der Waals surface area contributed by atoms with Gasteiger partial charge in [0.2, 0.25) is 10.9 Å². The Balaban J connectivity index is 1.40. The van der Waals surface area contributed by atoms with E-state index < -0.39 is 0 Å². The van der Waals surface area contributed by atoms with Gasteiger partial charge in [0.05, 0.1) is 5.69 Å². The van der Waals surface area contributed by atoms with Crippen LogP contribution in [0, 0.1) is 5.82 Å². The summed E-state index contributed by atoms with van der Waals surface area (Å²) in [6.07, 6.45) is 3.96. The van der Waals surface area contributed by atoms with Crippen molar-refractivity contribution < 1.29 is 9.18 Å². The number of amides is 1. The van der Waals surface area contributed by atoms with Gasteiger partial charge in [0.15, 0.2) is 5.82 Å². The molecular formula is C19H15FN4OS2. The summed E-state index contributed by atoms with van der Waals surface area (Å²) in [6.45, 7) is 0.495. The van der Waals surface area contributed by atoms with Crippen molar-refractivity contribution in [3.63, 3.8) is 0 Å². The molecule has 0 bridgehead atoms. The Hall–Kier alpha value is -2.84. The van der Waals surface area contributed by atoms with Gasteiger partial charge in [0, 0.05) is 34.9 Å². The second kappa shape index (κ2) is 7.81. The molecule has 1 aromatic carbocycles. The second-order valence-corrected chi connectivity index (χ2v) is 7.57. The number of hydrogen-bond acceptors (Lipinski definition) is 5. The van der Waals surface area contributed by atoms with Crippen LogP contribution in [0.4, 0.5) is 4.39 Å². The van der Waals surface area contributed by atoms with Crippen molar-refractivity contribution in [2.75, 3.05) is 6.54 Å². The quantitative estimate of drug-likeness (QED) is 0.499. The molecule has 0 unspecified atom stereocenters. The third-order valence-electron chi connectivity index (χ3n) is 3.86. The minimum atomic E-state index is -0.316. The van der Waals surface area contributed by atoms with Crippen LogP contribution in [0.5, 0.6) is 0 Å². The Morgan fingerprint density at radius 2 is 2.19 bits per heavy atom. The molecule has 0 spiro atoms. The molecule has 136 valence electrons. The van der Waals surface area contributed by atoms with Crippen LogP contribution >= 0.6 is 22.7 Å². The zero-order chi connectivity index (χ0) is 18.6. The van der Waals surface area contributed by atoms with Gasteiger partial charge in [-0.3, -0.25) is 4.79 Å². The number of nitrogens with one attached hydrogen (secondary N) is 1. The summed E-state index contributed by atoms with van der Waals surface area (Å²) in [4.78, 5) is 18.1. The van der Waals surface area contributed by atoms with E-state index in [0.29, 0.717) is 24.4 Å². The fraction of sp³-hybridized carbons (Fsp3) is 0.105. The van der Waals surface area contributed by atoms with E-state index in [1.54, 1.807) is 34.1 Å². The number of nitrogens with zero attached hydrogens (tertiary/aromatic N) is 3. The number of aromatic nitrogens is 3.